The van der Waals surface area contributed by atoms with Crippen molar-refractivity contribution in [3.63, 3.8) is 0 Å². The molecular formula is C19H15F3N2O4S. The van der Waals surface area contributed by atoms with Gasteiger partial charge in [0, 0.05) is 5.56 Å². The first kappa shape index (κ1) is 20.8. The van der Waals surface area contributed by atoms with Gasteiger partial charge in [0.2, 0.25) is 6.79 Å². The first-order valence-corrected chi connectivity index (χ1v) is 9.38. The number of aromatic nitrogens is 1. The summed E-state index contributed by atoms with van der Waals surface area (Å²) in [5, 5.41) is 8.31. The lowest BCUT2D eigenvalue weighted by atomic mass is 10.0. The molecular weight excluding hydrogens is 409 g/mol. The Morgan fingerprint density at radius 2 is 2.07 bits per heavy atom. The summed E-state index contributed by atoms with van der Waals surface area (Å²) in [6.07, 6.45) is -4.78. The van der Waals surface area contributed by atoms with Crippen molar-refractivity contribution < 1.29 is 32.2 Å². The van der Waals surface area contributed by atoms with Crippen LogP contribution in [0.25, 0.3) is 11.3 Å². The number of ether oxygens (including phenoxy) is 3. The number of nitrogens with zero attached hydrogens (tertiary/aromatic N) is 2. The molecule has 0 saturated heterocycles. The van der Waals surface area contributed by atoms with Crippen LogP contribution in [-0.2, 0) is 15.7 Å². The third-order valence-corrected chi connectivity index (χ3v) is 5.04. The van der Waals surface area contributed by atoms with Crippen LogP contribution in [0.4, 0.5) is 13.2 Å². The molecule has 0 saturated carbocycles. The molecule has 2 heterocycles. The van der Waals surface area contributed by atoms with Gasteiger partial charge < -0.3 is 14.2 Å². The molecule has 0 amide bonds. The lowest BCUT2D eigenvalue weighted by Crippen LogP contribution is -2.18. The Hall–Kier alpha value is -2.93. The first-order chi connectivity index (χ1) is 13.7. The Bertz CT molecular complexity index is 989. The molecule has 3 rings (SSSR count). The first-order valence-electron chi connectivity index (χ1n) is 8.50. The Kier molecular flexibility index (Phi) is 5.88. The molecule has 0 spiro atoms. The third kappa shape index (κ3) is 4.40. The molecule has 6 nitrogen and oxygen atoms in total. The van der Waals surface area contributed by atoms with Crippen molar-refractivity contribution in [2.75, 3.05) is 13.4 Å². The minimum absolute atomic E-state index is 0.00631. The van der Waals surface area contributed by atoms with Crippen LogP contribution >= 0.6 is 11.8 Å². The smallest absolute Gasteiger partial charge is 0.417 e. The topological polar surface area (TPSA) is 81.4 Å². The molecule has 152 valence electrons. The van der Waals surface area contributed by atoms with E-state index in [1.807, 2.05) is 0 Å². The zero-order valence-electron chi connectivity index (χ0n) is 15.4. The van der Waals surface area contributed by atoms with Crippen LogP contribution in [0, 0.1) is 11.3 Å². The number of thioether (sulfide) groups is 1. The SMILES string of the molecule is CCOC(=O)C(C)Sc1nc(-c2ccc3c(c2)OCO3)cc(C(F)(F)F)c1C#N. The third-order valence-electron chi connectivity index (χ3n) is 3.98. The maximum atomic E-state index is 13.6. The molecule has 29 heavy (non-hydrogen) atoms. The molecule has 1 unspecified atom stereocenters. The predicted octanol–water partition coefficient (Wildman–Crippen LogP) is 4.41. The van der Waals surface area contributed by atoms with E-state index in [9.17, 15) is 23.2 Å². The second kappa shape index (κ2) is 8.21. The zero-order valence-corrected chi connectivity index (χ0v) is 16.2. The van der Waals surface area contributed by atoms with Gasteiger partial charge in [0.1, 0.15) is 16.3 Å². The Labute approximate surface area is 168 Å². The van der Waals surface area contributed by atoms with Gasteiger partial charge in [0.25, 0.3) is 0 Å². The number of pyridine rings is 1. The van der Waals surface area contributed by atoms with E-state index < -0.39 is 28.5 Å². The Morgan fingerprint density at radius 3 is 2.72 bits per heavy atom. The summed E-state index contributed by atoms with van der Waals surface area (Å²) in [6, 6.07) is 7.01. The standard InChI is InChI=1S/C19H15F3N2O4S/c1-3-26-18(25)10(2)29-17-12(8-23)13(19(20,21)22)7-14(24-17)11-4-5-15-16(6-11)28-9-27-15/h4-7,10H,3,9H2,1-2H3. The number of esters is 1. The van der Waals surface area contributed by atoms with Gasteiger partial charge in [0.05, 0.1) is 23.4 Å². The van der Waals surface area contributed by atoms with Crippen molar-refractivity contribution in [1.29, 1.82) is 5.26 Å². The molecule has 1 atom stereocenters. The number of alkyl halides is 3. The van der Waals surface area contributed by atoms with E-state index in [0.29, 0.717) is 17.1 Å². The molecule has 1 aliphatic rings. The highest BCUT2D eigenvalue weighted by Crippen LogP contribution is 2.41. The number of benzene rings is 1. The maximum Gasteiger partial charge on any atom is 0.417 e. The normalized spacial score (nSPS) is 13.7. The van der Waals surface area contributed by atoms with Crippen molar-refractivity contribution in [2.45, 2.75) is 30.3 Å². The number of nitriles is 1. The highest BCUT2D eigenvalue weighted by atomic mass is 32.2. The molecule has 0 radical (unpaired) electrons. The van der Waals surface area contributed by atoms with Crippen LogP contribution in [0.3, 0.4) is 0 Å². The van der Waals surface area contributed by atoms with E-state index in [1.54, 1.807) is 25.1 Å². The van der Waals surface area contributed by atoms with E-state index in [0.717, 1.165) is 17.8 Å². The maximum absolute atomic E-state index is 13.6. The fourth-order valence-electron chi connectivity index (χ4n) is 2.62. The summed E-state index contributed by atoms with van der Waals surface area (Å²) in [7, 11) is 0. The van der Waals surface area contributed by atoms with Crippen molar-refractivity contribution in [2.24, 2.45) is 0 Å². The second-order valence-corrected chi connectivity index (χ2v) is 7.25. The fourth-order valence-corrected chi connectivity index (χ4v) is 3.54. The van der Waals surface area contributed by atoms with E-state index in [2.05, 4.69) is 4.98 Å². The monoisotopic (exact) mass is 424 g/mol. The Balaban J connectivity index is 2.10. The summed E-state index contributed by atoms with van der Waals surface area (Å²) in [4.78, 5) is 16.1. The second-order valence-electron chi connectivity index (χ2n) is 5.92. The van der Waals surface area contributed by atoms with Gasteiger partial charge >= 0.3 is 12.1 Å². The quantitative estimate of drug-likeness (QED) is 0.519. The van der Waals surface area contributed by atoms with E-state index >= 15 is 0 Å². The summed E-state index contributed by atoms with van der Waals surface area (Å²) in [6.45, 7) is 3.25. The molecule has 2 aromatic rings. The molecule has 0 fully saturated rings. The minimum Gasteiger partial charge on any atom is -0.465 e. The average Bonchev–Trinajstić information content (AvgIpc) is 3.14. The number of rotatable bonds is 5. The van der Waals surface area contributed by atoms with Crippen LogP contribution in [-0.4, -0.2) is 29.6 Å². The number of carbonyl (C=O) groups excluding carboxylic acids is 1. The number of hydrogen-bond acceptors (Lipinski definition) is 7. The van der Waals surface area contributed by atoms with Gasteiger partial charge in [-0.1, -0.05) is 11.8 Å². The largest absolute Gasteiger partial charge is 0.465 e. The van der Waals surface area contributed by atoms with E-state index in [-0.39, 0.29) is 24.1 Å². The fraction of sp³-hybridized carbons (Fsp3) is 0.316. The minimum atomic E-state index is -4.78. The highest BCUT2D eigenvalue weighted by Gasteiger charge is 2.37. The summed E-state index contributed by atoms with van der Waals surface area (Å²) in [5.74, 6) is 0.255. The lowest BCUT2D eigenvalue weighted by molar-refractivity contribution is -0.142. The average molecular weight is 424 g/mol. The lowest BCUT2D eigenvalue weighted by Gasteiger charge is -2.16. The summed E-state index contributed by atoms with van der Waals surface area (Å²) in [5.41, 5.74) is -1.41. The number of hydrogen-bond donors (Lipinski definition) is 0. The van der Waals surface area contributed by atoms with Gasteiger partial charge in [-0.05, 0) is 38.1 Å². The van der Waals surface area contributed by atoms with Gasteiger partial charge in [-0.3, -0.25) is 4.79 Å². The summed E-state index contributed by atoms with van der Waals surface area (Å²) < 4.78 is 56.2. The highest BCUT2D eigenvalue weighted by molar-refractivity contribution is 8.00. The molecule has 0 N–H and O–H groups in total. The number of fused-ring (bicyclic) bond motifs is 1. The van der Waals surface area contributed by atoms with Crippen LogP contribution in [0.1, 0.15) is 25.0 Å². The van der Waals surface area contributed by atoms with Crippen LogP contribution < -0.4 is 9.47 Å². The van der Waals surface area contributed by atoms with Crippen molar-refractivity contribution in [3.8, 4) is 28.8 Å². The molecule has 1 aliphatic heterocycles. The van der Waals surface area contributed by atoms with Gasteiger partial charge in [-0.2, -0.15) is 18.4 Å². The molecule has 10 heteroatoms. The molecule has 1 aromatic heterocycles. The van der Waals surface area contributed by atoms with Crippen LogP contribution in [0.5, 0.6) is 11.5 Å². The van der Waals surface area contributed by atoms with Crippen molar-refractivity contribution in [3.05, 3.63) is 35.4 Å². The zero-order chi connectivity index (χ0) is 21.2. The molecule has 0 bridgehead atoms. The predicted molar refractivity (Wildman–Crippen MR) is 97.5 cm³/mol. The van der Waals surface area contributed by atoms with Crippen molar-refractivity contribution >= 4 is 17.7 Å². The molecule has 1 aromatic carbocycles. The number of carbonyl (C=O) groups is 1. The van der Waals surface area contributed by atoms with Crippen LogP contribution in [0.2, 0.25) is 0 Å². The van der Waals surface area contributed by atoms with Crippen LogP contribution in [0.15, 0.2) is 29.3 Å². The molecule has 0 aliphatic carbocycles. The van der Waals surface area contributed by atoms with Crippen molar-refractivity contribution in [1.82, 2.24) is 4.98 Å². The van der Waals surface area contributed by atoms with Gasteiger partial charge in [-0.25, -0.2) is 4.98 Å². The van der Waals surface area contributed by atoms with Gasteiger partial charge in [-0.15, -0.1) is 0 Å². The van der Waals surface area contributed by atoms with Gasteiger partial charge in [0.15, 0.2) is 11.5 Å². The summed E-state index contributed by atoms with van der Waals surface area (Å²) >= 11 is 0.743. The number of halogens is 3. The Morgan fingerprint density at radius 1 is 1.34 bits per heavy atom. The van der Waals surface area contributed by atoms with E-state index in [4.69, 9.17) is 14.2 Å². The van der Waals surface area contributed by atoms with E-state index in [1.165, 1.54) is 13.0 Å².